The Bertz CT molecular complexity index is 185. The maximum Gasteiger partial charge on any atom is 0.0701 e. The van der Waals surface area contributed by atoms with Crippen molar-refractivity contribution in [1.29, 1.82) is 0 Å². The molecule has 0 saturated carbocycles. The van der Waals surface area contributed by atoms with Crippen molar-refractivity contribution in [3.05, 3.63) is 0 Å². The molecule has 18 heavy (non-hydrogen) atoms. The number of hydrogen-bond donors (Lipinski definition) is 1. The van der Waals surface area contributed by atoms with E-state index in [-0.39, 0.29) is 0 Å². The quantitative estimate of drug-likeness (QED) is 0.574. The fraction of sp³-hybridized carbons (Fsp3) is 1.00. The highest BCUT2D eigenvalue weighted by Gasteiger charge is 2.16. The Balaban J connectivity index is 1.84. The molecule has 1 rings (SSSR count). The van der Waals surface area contributed by atoms with Gasteiger partial charge in [0.2, 0.25) is 0 Å². The second kappa shape index (κ2) is 10.7. The van der Waals surface area contributed by atoms with E-state index in [2.05, 4.69) is 10.2 Å². The summed E-state index contributed by atoms with van der Waals surface area (Å²) in [6, 6.07) is 0.705. The van der Waals surface area contributed by atoms with E-state index >= 15 is 0 Å². The average molecular weight is 260 g/mol. The number of ether oxygens (including phenoxy) is 3. The summed E-state index contributed by atoms with van der Waals surface area (Å²) in [5, 5.41) is 3.34. The lowest BCUT2D eigenvalue weighted by Gasteiger charge is -2.31. The first-order chi connectivity index (χ1) is 8.86. The molecule has 0 aromatic carbocycles. The van der Waals surface area contributed by atoms with E-state index in [1.54, 1.807) is 7.11 Å². The van der Waals surface area contributed by atoms with Gasteiger partial charge >= 0.3 is 0 Å². The van der Waals surface area contributed by atoms with Gasteiger partial charge in [-0.15, -0.1) is 0 Å². The predicted molar refractivity (Wildman–Crippen MR) is 72.0 cm³/mol. The summed E-state index contributed by atoms with van der Waals surface area (Å²) in [5.41, 5.74) is 0. The first-order valence-corrected chi connectivity index (χ1v) is 6.91. The maximum atomic E-state index is 5.55. The third-order valence-electron chi connectivity index (χ3n) is 3.35. The first-order valence-electron chi connectivity index (χ1n) is 6.91. The van der Waals surface area contributed by atoms with Crippen molar-refractivity contribution in [1.82, 2.24) is 10.2 Å². The van der Waals surface area contributed by atoms with Gasteiger partial charge in [-0.2, -0.15) is 0 Å². The minimum absolute atomic E-state index is 0.650. The lowest BCUT2D eigenvalue weighted by atomic mass is 10.1. The summed E-state index contributed by atoms with van der Waals surface area (Å²) in [7, 11) is 3.73. The highest BCUT2D eigenvalue weighted by atomic mass is 16.5. The van der Waals surface area contributed by atoms with Crippen LogP contribution < -0.4 is 5.32 Å². The molecule has 108 valence electrons. The van der Waals surface area contributed by atoms with Crippen molar-refractivity contribution in [3.63, 3.8) is 0 Å². The van der Waals surface area contributed by atoms with Gasteiger partial charge in [0.15, 0.2) is 0 Å². The van der Waals surface area contributed by atoms with Crippen LogP contribution in [-0.2, 0) is 14.2 Å². The van der Waals surface area contributed by atoms with Gasteiger partial charge in [-0.25, -0.2) is 0 Å². The van der Waals surface area contributed by atoms with E-state index in [1.807, 2.05) is 7.05 Å². The topological polar surface area (TPSA) is 43.0 Å². The predicted octanol–water partition coefficient (Wildman–Crippen LogP) is 0.350. The van der Waals surface area contributed by atoms with Crippen LogP contribution in [0.5, 0.6) is 0 Å². The average Bonchev–Trinajstić information content (AvgIpc) is 2.42. The molecule has 0 atom stereocenters. The molecule has 1 fully saturated rings. The molecular formula is C13H28N2O3. The van der Waals surface area contributed by atoms with Crippen LogP contribution in [0.4, 0.5) is 0 Å². The molecule has 0 spiro atoms. The molecule has 1 aliphatic heterocycles. The molecule has 5 heteroatoms. The smallest absolute Gasteiger partial charge is 0.0701 e. The second-order valence-corrected chi connectivity index (χ2v) is 4.62. The molecule has 1 aliphatic rings. The maximum absolute atomic E-state index is 5.55. The number of likely N-dealkylation sites (tertiary alicyclic amines) is 1. The molecular weight excluding hydrogens is 232 g/mol. The van der Waals surface area contributed by atoms with Crippen molar-refractivity contribution in [2.75, 3.05) is 66.8 Å². The van der Waals surface area contributed by atoms with Crippen LogP contribution in [0.25, 0.3) is 0 Å². The second-order valence-electron chi connectivity index (χ2n) is 4.62. The fourth-order valence-corrected chi connectivity index (χ4v) is 2.10. The van der Waals surface area contributed by atoms with E-state index < -0.39 is 0 Å². The van der Waals surface area contributed by atoms with Crippen LogP contribution in [0, 0.1) is 0 Å². The summed E-state index contributed by atoms with van der Waals surface area (Å²) in [5.74, 6) is 0. The molecule has 0 amide bonds. The lowest BCUT2D eigenvalue weighted by Crippen LogP contribution is -2.42. The van der Waals surface area contributed by atoms with Gasteiger partial charge in [-0.05, 0) is 33.0 Å². The van der Waals surface area contributed by atoms with E-state index in [1.165, 1.54) is 25.9 Å². The van der Waals surface area contributed by atoms with E-state index in [0.717, 1.165) is 13.2 Å². The largest absolute Gasteiger partial charge is 0.382 e. The third kappa shape index (κ3) is 7.28. The Kier molecular flexibility index (Phi) is 9.42. The van der Waals surface area contributed by atoms with Crippen LogP contribution in [0.15, 0.2) is 0 Å². The van der Waals surface area contributed by atoms with E-state index in [4.69, 9.17) is 14.2 Å². The van der Waals surface area contributed by atoms with Gasteiger partial charge in [0.1, 0.15) is 0 Å². The van der Waals surface area contributed by atoms with Gasteiger partial charge in [-0.3, -0.25) is 0 Å². The molecule has 1 N–H and O–H groups in total. The standard InChI is InChI=1S/C13H28N2O3/c1-14-13-3-5-15(6-4-13)7-8-17-11-12-18-10-9-16-2/h13-14H,3-12H2,1-2H3. The Morgan fingerprint density at radius 2 is 1.61 bits per heavy atom. The monoisotopic (exact) mass is 260 g/mol. The molecule has 0 bridgehead atoms. The first kappa shape index (κ1) is 15.9. The zero-order valence-electron chi connectivity index (χ0n) is 11.8. The van der Waals surface area contributed by atoms with Crippen molar-refractivity contribution >= 4 is 0 Å². The minimum atomic E-state index is 0.650. The van der Waals surface area contributed by atoms with Crippen molar-refractivity contribution in [2.24, 2.45) is 0 Å². The Morgan fingerprint density at radius 3 is 2.22 bits per heavy atom. The van der Waals surface area contributed by atoms with Gasteiger partial charge < -0.3 is 24.4 Å². The fourth-order valence-electron chi connectivity index (χ4n) is 2.10. The number of hydrogen-bond acceptors (Lipinski definition) is 5. The number of piperidine rings is 1. The Morgan fingerprint density at radius 1 is 1.00 bits per heavy atom. The summed E-state index contributed by atoms with van der Waals surface area (Å²) in [6.07, 6.45) is 2.49. The van der Waals surface area contributed by atoms with Crippen LogP contribution in [-0.4, -0.2) is 77.8 Å². The number of nitrogens with zero attached hydrogens (tertiary/aromatic N) is 1. The zero-order valence-corrected chi connectivity index (χ0v) is 11.8. The highest BCUT2D eigenvalue weighted by Crippen LogP contribution is 2.08. The van der Waals surface area contributed by atoms with Crippen LogP contribution >= 0.6 is 0 Å². The molecule has 0 aromatic heterocycles. The van der Waals surface area contributed by atoms with Crippen molar-refractivity contribution < 1.29 is 14.2 Å². The van der Waals surface area contributed by atoms with Crippen LogP contribution in [0.3, 0.4) is 0 Å². The summed E-state index contributed by atoms with van der Waals surface area (Å²) in [6.45, 7) is 6.84. The molecule has 0 radical (unpaired) electrons. The summed E-state index contributed by atoms with van der Waals surface area (Å²) >= 11 is 0. The zero-order chi connectivity index (χ0) is 13.1. The number of nitrogens with one attached hydrogen (secondary N) is 1. The summed E-state index contributed by atoms with van der Waals surface area (Å²) < 4.78 is 15.8. The molecule has 5 nitrogen and oxygen atoms in total. The molecule has 1 saturated heterocycles. The van der Waals surface area contributed by atoms with Crippen molar-refractivity contribution in [2.45, 2.75) is 18.9 Å². The van der Waals surface area contributed by atoms with Gasteiger partial charge in [0.25, 0.3) is 0 Å². The molecule has 0 aromatic rings. The summed E-state index contributed by atoms with van der Waals surface area (Å²) in [4.78, 5) is 2.47. The number of rotatable bonds is 10. The van der Waals surface area contributed by atoms with E-state index in [9.17, 15) is 0 Å². The van der Waals surface area contributed by atoms with Gasteiger partial charge in [0, 0.05) is 19.7 Å². The van der Waals surface area contributed by atoms with Crippen LogP contribution in [0.2, 0.25) is 0 Å². The molecule has 0 unspecified atom stereocenters. The Labute approximate surface area is 111 Å². The minimum Gasteiger partial charge on any atom is -0.382 e. The van der Waals surface area contributed by atoms with Crippen LogP contribution in [0.1, 0.15) is 12.8 Å². The lowest BCUT2D eigenvalue weighted by molar-refractivity contribution is 0.0179. The molecule has 1 heterocycles. The van der Waals surface area contributed by atoms with Gasteiger partial charge in [-0.1, -0.05) is 0 Å². The highest BCUT2D eigenvalue weighted by molar-refractivity contribution is 4.75. The molecule has 0 aliphatic carbocycles. The van der Waals surface area contributed by atoms with E-state index in [0.29, 0.717) is 32.5 Å². The Hall–Kier alpha value is -0.200. The van der Waals surface area contributed by atoms with Crippen molar-refractivity contribution in [3.8, 4) is 0 Å². The SMILES string of the molecule is CNC1CCN(CCOCCOCCOC)CC1. The normalized spacial score (nSPS) is 18.3. The third-order valence-corrected chi connectivity index (χ3v) is 3.35. The number of methoxy groups -OCH3 is 1. The van der Waals surface area contributed by atoms with Gasteiger partial charge in [0.05, 0.1) is 33.0 Å².